The predicted molar refractivity (Wildman–Crippen MR) is 60.1 cm³/mol. The number of non-ortho nitro benzene ring substituents is 1. The van der Waals surface area contributed by atoms with Crippen molar-refractivity contribution in [2.24, 2.45) is 5.73 Å². The van der Waals surface area contributed by atoms with E-state index in [0.29, 0.717) is 5.69 Å². The van der Waals surface area contributed by atoms with Gasteiger partial charge in [-0.25, -0.2) is 0 Å². The molecule has 3 N–H and O–H groups in total. The number of carbonyl (C=O) groups excluding carboxylic acids is 1. The molecule has 16 heavy (non-hydrogen) atoms. The summed E-state index contributed by atoms with van der Waals surface area (Å²) in [5.74, 6) is -0.508. The van der Waals surface area contributed by atoms with Gasteiger partial charge in [0.1, 0.15) is 6.04 Å². The maximum absolute atomic E-state index is 10.9. The minimum Gasteiger partial charge on any atom is -0.373 e. The molecule has 1 aromatic carbocycles. The summed E-state index contributed by atoms with van der Waals surface area (Å²) in [6, 6.07) is 3.85. The first-order valence-electron chi connectivity index (χ1n) is 4.72. The summed E-state index contributed by atoms with van der Waals surface area (Å²) in [4.78, 5) is 20.9. The number of carbonyl (C=O) groups is 1. The Morgan fingerprint density at radius 1 is 1.56 bits per heavy atom. The van der Waals surface area contributed by atoms with Crippen LogP contribution in [0.25, 0.3) is 0 Å². The molecule has 0 aliphatic carbocycles. The van der Waals surface area contributed by atoms with Crippen LogP contribution in [0.1, 0.15) is 12.5 Å². The number of primary amides is 1. The van der Waals surface area contributed by atoms with Crippen molar-refractivity contribution in [3.63, 3.8) is 0 Å². The average molecular weight is 223 g/mol. The van der Waals surface area contributed by atoms with Crippen LogP contribution in [-0.2, 0) is 4.79 Å². The highest BCUT2D eigenvalue weighted by Crippen LogP contribution is 2.22. The molecule has 0 fully saturated rings. The van der Waals surface area contributed by atoms with Gasteiger partial charge >= 0.3 is 0 Å². The number of rotatable bonds is 4. The smallest absolute Gasteiger partial charge is 0.271 e. The molecule has 6 heteroatoms. The third-order valence-electron chi connectivity index (χ3n) is 2.23. The Morgan fingerprint density at radius 3 is 2.69 bits per heavy atom. The van der Waals surface area contributed by atoms with Crippen LogP contribution in [0.5, 0.6) is 0 Å². The number of aryl methyl sites for hydroxylation is 1. The molecule has 0 saturated carbocycles. The summed E-state index contributed by atoms with van der Waals surface area (Å²) in [6.07, 6.45) is 0. The Balaban J connectivity index is 2.98. The van der Waals surface area contributed by atoms with Crippen LogP contribution in [0.15, 0.2) is 18.2 Å². The molecule has 0 aliphatic heterocycles. The van der Waals surface area contributed by atoms with E-state index >= 15 is 0 Å². The van der Waals surface area contributed by atoms with Crippen molar-refractivity contribution in [1.82, 2.24) is 0 Å². The minimum absolute atomic E-state index is 0.0234. The molecular formula is C10H13N3O3. The van der Waals surface area contributed by atoms with E-state index in [1.165, 1.54) is 12.1 Å². The van der Waals surface area contributed by atoms with Gasteiger partial charge in [0.2, 0.25) is 5.91 Å². The molecule has 1 aromatic rings. The molecule has 0 saturated heterocycles. The summed E-state index contributed by atoms with van der Waals surface area (Å²) >= 11 is 0. The number of hydrogen-bond acceptors (Lipinski definition) is 4. The fraction of sp³-hybridized carbons (Fsp3) is 0.300. The van der Waals surface area contributed by atoms with Crippen molar-refractivity contribution in [2.45, 2.75) is 19.9 Å². The lowest BCUT2D eigenvalue weighted by atomic mass is 10.1. The van der Waals surface area contributed by atoms with Gasteiger partial charge in [-0.05, 0) is 19.4 Å². The second kappa shape index (κ2) is 4.61. The first-order valence-corrected chi connectivity index (χ1v) is 4.72. The number of nitrogens with one attached hydrogen (secondary N) is 1. The van der Waals surface area contributed by atoms with E-state index in [2.05, 4.69) is 5.32 Å². The maximum atomic E-state index is 10.9. The largest absolute Gasteiger partial charge is 0.373 e. The Bertz CT molecular complexity index is 431. The molecule has 86 valence electrons. The summed E-state index contributed by atoms with van der Waals surface area (Å²) < 4.78 is 0. The van der Waals surface area contributed by atoms with Gasteiger partial charge in [0.05, 0.1) is 4.92 Å². The zero-order valence-corrected chi connectivity index (χ0v) is 9.06. The van der Waals surface area contributed by atoms with Gasteiger partial charge < -0.3 is 11.1 Å². The molecule has 0 bridgehead atoms. The predicted octanol–water partition coefficient (Wildman–Crippen LogP) is 1.19. The average Bonchev–Trinajstić information content (AvgIpc) is 2.20. The number of nitrogens with two attached hydrogens (primary N) is 1. The van der Waals surface area contributed by atoms with Crippen LogP contribution in [0, 0.1) is 17.0 Å². The SMILES string of the molecule is Cc1ccc([N+](=O)[O-])cc1NC(C)C(N)=O. The van der Waals surface area contributed by atoms with Crippen molar-refractivity contribution in [1.29, 1.82) is 0 Å². The van der Waals surface area contributed by atoms with Crippen molar-refractivity contribution in [3.8, 4) is 0 Å². The van der Waals surface area contributed by atoms with Crippen LogP contribution < -0.4 is 11.1 Å². The van der Waals surface area contributed by atoms with E-state index < -0.39 is 16.9 Å². The van der Waals surface area contributed by atoms with Crippen molar-refractivity contribution >= 4 is 17.3 Å². The summed E-state index contributed by atoms with van der Waals surface area (Å²) in [5.41, 5.74) is 6.43. The number of anilines is 1. The number of benzene rings is 1. The van der Waals surface area contributed by atoms with E-state index in [9.17, 15) is 14.9 Å². The van der Waals surface area contributed by atoms with Crippen molar-refractivity contribution in [2.75, 3.05) is 5.32 Å². The maximum Gasteiger partial charge on any atom is 0.271 e. The van der Waals surface area contributed by atoms with Crippen LogP contribution >= 0.6 is 0 Å². The van der Waals surface area contributed by atoms with Gasteiger partial charge in [-0.1, -0.05) is 6.07 Å². The van der Waals surface area contributed by atoms with E-state index in [4.69, 9.17) is 5.73 Å². The summed E-state index contributed by atoms with van der Waals surface area (Å²) in [7, 11) is 0. The van der Waals surface area contributed by atoms with Gasteiger partial charge in [-0.15, -0.1) is 0 Å². The molecule has 0 aromatic heterocycles. The standard InChI is InChI=1S/C10H13N3O3/c1-6-3-4-8(13(15)16)5-9(6)12-7(2)10(11)14/h3-5,7,12H,1-2H3,(H2,11,14). The van der Waals surface area contributed by atoms with Crippen LogP contribution in [0.2, 0.25) is 0 Å². The van der Waals surface area contributed by atoms with Gasteiger partial charge in [0.25, 0.3) is 5.69 Å². The quantitative estimate of drug-likeness (QED) is 0.591. The summed E-state index contributed by atoms with van der Waals surface area (Å²) in [5, 5.41) is 13.4. The highest BCUT2D eigenvalue weighted by Gasteiger charge is 2.13. The van der Waals surface area contributed by atoms with Crippen LogP contribution in [-0.4, -0.2) is 16.9 Å². The second-order valence-corrected chi connectivity index (χ2v) is 3.52. The monoisotopic (exact) mass is 223 g/mol. The lowest BCUT2D eigenvalue weighted by Crippen LogP contribution is -2.32. The number of hydrogen-bond donors (Lipinski definition) is 2. The third kappa shape index (κ3) is 2.69. The molecule has 1 amide bonds. The van der Waals surface area contributed by atoms with Crippen LogP contribution in [0.4, 0.5) is 11.4 Å². The lowest BCUT2D eigenvalue weighted by Gasteiger charge is -2.13. The van der Waals surface area contributed by atoms with Gasteiger partial charge in [-0.2, -0.15) is 0 Å². The zero-order valence-electron chi connectivity index (χ0n) is 9.06. The van der Waals surface area contributed by atoms with Crippen molar-refractivity contribution in [3.05, 3.63) is 33.9 Å². The van der Waals surface area contributed by atoms with E-state index in [1.807, 2.05) is 0 Å². The van der Waals surface area contributed by atoms with Crippen molar-refractivity contribution < 1.29 is 9.72 Å². The van der Waals surface area contributed by atoms with E-state index in [0.717, 1.165) is 5.56 Å². The Morgan fingerprint density at radius 2 is 2.19 bits per heavy atom. The molecule has 0 spiro atoms. The number of amides is 1. The zero-order chi connectivity index (χ0) is 12.3. The Kier molecular flexibility index (Phi) is 3.44. The third-order valence-corrected chi connectivity index (χ3v) is 2.23. The van der Waals surface area contributed by atoms with Crippen LogP contribution in [0.3, 0.4) is 0 Å². The number of nitro groups is 1. The van der Waals surface area contributed by atoms with E-state index in [1.54, 1.807) is 19.9 Å². The first kappa shape index (κ1) is 12.0. The first-order chi connectivity index (χ1) is 7.41. The molecule has 1 rings (SSSR count). The molecule has 6 nitrogen and oxygen atoms in total. The Labute approximate surface area is 92.6 Å². The molecule has 0 aliphatic rings. The minimum atomic E-state index is -0.569. The van der Waals surface area contributed by atoms with Gasteiger partial charge in [0, 0.05) is 17.8 Å². The highest BCUT2D eigenvalue weighted by atomic mass is 16.6. The summed E-state index contributed by atoms with van der Waals surface area (Å²) in [6.45, 7) is 3.39. The molecule has 1 unspecified atom stereocenters. The normalized spacial score (nSPS) is 11.9. The molecule has 0 heterocycles. The number of nitro benzene ring substituents is 1. The molecule has 0 radical (unpaired) electrons. The molecular weight excluding hydrogens is 210 g/mol. The fourth-order valence-corrected chi connectivity index (χ4v) is 1.18. The molecule has 1 atom stereocenters. The topological polar surface area (TPSA) is 98.3 Å². The number of nitrogens with zero attached hydrogens (tertiary/aromatic N) is 1. The van der Waals surface area contributed by atoms with Gasteiger partial charge in [-0.3, -0.25) is 14.9 Å². The fourth-order valence-electron chi connectivity index (χ4n) is 1.18. The lowest BCUT2D eigenvalue weighted by molar-refractivity contribution is -0.384. The van der Waals surface area contributed by atoms with Gasteiger partial charge in [0.15, 0.2) is 0 Å². The van der Waals surface area contributed by atoms with E-state index in [-0.39, 0.29) is 5.69 Å². The second-order valence-electron chi connectivity index (χ2n) is 3.52. The highest BCUT2D eigenvalue weighted by molar-refractivity contribution is 5.82. The Hall–Kier alpha value is -2.11.